The van der Waals surface area contributed by atoms with Crippen LogP contribution in [0.5, 0.6) is 28.7 Å². The van der Waals surface area contributed by atoms with Crippen LogP contribution in [0.1, 0.15) is 40.0 Å². The average Bonchev–Trinajstić information content (AvgIpc) is 3.61. The van der Waals surface area contributed by atoms with Gasteiger partial charge in [-0.1, -0.05) is 36.4 Å². The summed E-state index contributed by atoms with van der Waals surface area (Å²) in [5.41, 5.74) is 4.56. The highest BCUT2D eigenvalue weighted by Crippen LogP contribution is 2.55. The lowest BCUT2D eigenvalue weighted by atomic mass is 9.85. The maximum Gasteiger partial charge on any atom is 0.410 e. The maximum atomic E-state index is 13.6. The molecule has 3 aliphatic rings. The van der Waals surface area contributed by atoms with Crippen molar-refractivity contribution in [3.8, 4) is 28.7 Å². The number of fused-ring (bicyclic) bond motifs is 3. The normalized spacial score (nSPS) is 19.0. The van der Waals surface area contributed by atoms with Crippen LogP contribution in [0.4, 0.5) is 4.79 Å². The Morgan fingerprint density at radius 1 is 1.00 bits per heavy atom. The van der Waals surface area contributed by atoms with Crippen molar-refractivity contribution in [2.24, 2.45) is 0 Å². The quantitative estimate of drug-likeness (QED) is 0.453. The molecule has 9 heteroatoms. The van der Waals surface area contributed by atoms with Gasteiger partial charge in [-0.3, -0.25) is 4.90 Å². The summed E-state index contributed by atoms with van der Waals surface area (Å²) < 4.78 is 40.7. The minimum Gasteiger partial charge on any atom is -0.493 e. The molecule has 0 unspecified atom stereocenters. The largest absolute Gasteiger partial charge is 0.493 e. The molecule has 1 amide bonds. The summed E-state index contributed by atoms with van der Waals surface area (Å²) in [6, 6.07) is 14.9. The Morgan fingerprint density at radius 2 is 1.82 bits per heavy atom. The number of hydrogen-bond acceptors (Lipinski definition) is 8. The fourth-order valence-corrected chi connectivity index (χ4v) is 5.61. The van der Waals surface area contributed by atoms with Crippen molar-refractivity contribution in [2.45, 2.75) is 31.8 Å². The number of carbonyl (C=O) groups is 1. The number of hydrogen-bond donors (Lipinski definition) is 0. The molecule has 0 bridgehead atoms. The molecule has 38 heavy (non-hydrogen) atoms. The summed E-state index contributed by atoms with van der Waals surface area (Å²) in [4.78, 5) is 15.4. The molecule has 2 atom stereocenters. The Kier molecular flexibility index (Phi) is 6.37. The summed E-state index contributed by atoms with van der Waals surface area (Å²) in [5.74, 6) is 2.96. The number of ether oxygens (including phenoxy) is 7. The second-order valence-electron chi connectivity index (χ2n) is 9.25. The topological polar surface area (TPSA) is 84.9 Å². The van der Waals surface area contributed by atoms with E-state index in [0.29, 0.717) is 48.3 Å². The van der Waals surface area contributed by atoms with E-state index in [4.69, 9.17) is 33.2 Å². The lowest BCUT2D eigenvalue weighted by Crippen LogP contribution is -2.43. The highest BCUT2D eigenvalue weighted by Gasteiger charge is 2.46. The van der Waals surface area contributed by atoms with Gasteiger partial charge in [0.1, 0.15) is 12.7 Å². The molecule has 0 fully saturated rings. The van der Waals surface area contributed by atoms with E-state index in [-0.39, 0.29) is 13.4 Å². The number of nitrogens with zero attached hydrogens (tertiary/aromatic N) is 1. The van der Waals surface area contributed by atoms with Gasteiger partial charge < -0.3 is 33.2 Å². The molecule has 0 radical (unpaired) electrons. The van der Waals surface area contributed by atoms with Gasteiger partial charge in [-0.2, -0.15) is 0 Å². The molecule has 198 valence electrons. The first-order valence-electron chi connectivity index (χ1n) is 12.5. The van der Waals surface area contributed by atoms with Gasteiger partial charge in [-0.15, -0.1) is 0 Å². The predicted molar refractivity (Wildman–Crippen MR) is 136 cm³/mol. The summed E-state index contributed by atoms with van der Waals surface area (Å²) in [6.07, 6.45) is -0.325. The van der Waals surface area contributed by atoms with Crippen LogP contribution in [-0.4, -0.2) is 45.7 Å². The number of amides is 1. The van der Waals surface area contributed by atoms with Crippen LogP contribution < -0.4 is 23.7 Å². The Labute approximate surface area is 220 Å². The third-order valence-corrected chi connectivity index (χ3v) is 7.33. The molecular weight excluding hydrogens is 490 g/mol. The first-order valence-corrected chi connectivity index (χ1v) is 12.5. The second kappa shape index (κ2) is 9.98. The van der Waals surface area contributed by atoms with Crippen LogP contribution in [0, 0.1) is 0 Å². The predicted octanol–water partition coefficient (Wildman–Crippen LogP) is 4.95. The van der Waals surface area contributed by atoms with E-state index in [2.05, 4.69) is 0 Å². The van der Waals surface area contributed by atoms with E-state index >= 15 is 0 Å². The molecule has 0 saturated heterocycles. The van der Waals surface area contributed by atoms with E-state index in [1.807, 2.05) is 48.5 Å². The van der Waals surface area contributed by atoms with Crippen LogP contribution >= 0.6 is 0 Å². The summed E-state index contributed by atoms with van der Waals surface area (Å²) in [7, 11) is 4.81. The summed E-state index contributed by atoms with van der Waals surface area (Å²) in [5, 5.41) is 0. The van der Waals surface area contributed by atoms with Gasteiger partial charge in [0.2, 0.25) is 12.5 Å². The molecule has 0 saturated carbocycles. The lowest BCUT2D eigenvalue weighted by molar-refractivity contribution is -0.0152. The molecule has 0 aromatic heterocycles. The van der Waals surface area contributed by atoms with E-state index in [1.54, 1.807) is 26.2 Å². The fourth-order valence-electron chi connectivity index (χ4n) is 5.61. The van der Waals surface area contributed by atoms with Crippen molar-refractivity contribution in [3.05, 3.63) is 76.3 Å². The number of carbonyl (C=O) groups excluding carboxylic acids is 1. The van der Waals surface area contributed by atoms with Gasteiger partial charge in [0.25, 0.3) is 0 Å². The highest BCUT2D eigenvalue weighted by molar-refractivity contribution is 5.72. The smallest absolute Gasteiger partial charge is 0.410 e. The molecule has 0 N–H and O–H groups in total. The first kappa shape index (κ1) is 24.2. The fraction of sp³-hybridized carbons (Fsp3) is 0.345. The number of rotatable bonds is 6. The third kappa shape index (κ3) is 3.94. The van der Waals surface area contributed by atoms with Gasteiger partial charge in [0.15, 0.2) is 23.0 Å². The molecule has 0 spiro atoms. The Hall–Kier alpha value is -4.11. The van der Waals surface area contributed by atoms with Crippen molar-refractivity contribution < 1.29 is 38.0 Å². The molecule has 9 nitrogen and oxygen atoms in total. The van der Waals surface area contributed by atoms with Crippen LogP contribution in [0.15, 0.2) is 48.5 Å². The third-order valence-electron chi connectivity index (χ3n) is 7.33. The average molecular weight is 520 g/mol. The van der Waals surface area contributed by atoms with Crippen molar-refractivity contribution in [2.75, 3.05) is 34.7 Å². The zero-order chi connectivity index (χ0) is 26.2. The van der Waals surface area contributed by atoms with Crippen LogP contribution in [0.3, 0.4) is 0 Å². The van der Waals surface area contributed by atoms with Gasteiger partial charge in [-0.05, 0) is 35.2 Å². The standard InChI is InChI=1S/C29H29NO8/c1-32-21-10-9-19-20(25(21)33-2)15-35-26(19)24-23-18(13-22-27(28(23)34-3)38-16-37-22)11-12-30(24)29(31)36-14-17-7-5-4-6-8-17/h4-10,13,24,26H,11-12,14-16H2,1-3H3/t24-,26+/m1/s1. The van der Waals surface area contributed by atoms with E-state index in [9.17, 15) is 4.79 Å². The van der Waals surface area contributed by atoms with Gasteiger partial charge in [0.05, 0.1) is 34.0 Å². The lowest BCUT2D eigenvalue weighted by Gasteiger charge is -2.40. The Bertz CT molecular complexity index is 1360. The van der Waals surface area contributed by atoms with Gasteiger partial charge >= 0.3 is 6.09 Å². The van der Waals surface area contributed by atoms with E-state index in [0.717, 1.165) is 27.8 Å². The Morgan fingerprint density at radius 3 is 2.58 bits per heavy atom. The first-order chi connectivity index (χ1) is 18.6. The molecular formula is C29H29NO8. The molecule has 6 rings (SSSR count). The maximum absolute atomic E-state index is 13.6. The number of benzene rings is 3. The minimum atomic E-state index is -0.536. The van der Waals surface area contributed by atoms with Crippen molar-refractivity contribution in [1.29, 1.82) is 0 Å². The van der Waals surface area contributed by atoms with Crippen LogP contribution in [0.25, 0.3) is 0 Å². The van der Waals surface area contributed by atoms with Crippen LogP contribution in [0.2, 0.25) is 0 Å². The molecule has 3 aromatic rings. The van der Waals surface area contributed by atoms with E-state index < -0.39 is 18.2 Å². The Balaban J connectivity index is 1.44. The minimum absolute atomic E-state index is 0.113. The molecule has 3 heterocycles. The molecule has 3 aromatic carbocycles. The zero-order valence-corrected chi connectivity index (χ0v) is 21.5. The number of methoxy groups -OCH3 is 3. The van der Waals surface area contributed by atoms with Crippen molar-refractivity contribution in [3.63, 3.8) is 0 Å². The SMILES string of the molecule is COc1ccc2c(c1OC)CO[C@@H]2[C@H]1c2c(cc3c(c2OC)OCO3)CCN1C(=O)OCc1ccccc1. The van der Waals surface area contributed by atoms with Crippen LogP contribution in [-0.2, 0) is 29.1 Å². The highest BCUT2D eigenvalue weighted by atomic mass is 16.7. The monoisotopic (exact) mass is 519 g/mol. The van der Waals surface area contributed by atoms with E-state index in [1.165, 1.54) is 0 Å². The zero-order valence-electron chi connectivity index (χ0n) is 21.5. The van der Waals surface area contributed by atoms with Crippen molar-refractivity contribution >= 4 is 6.09 Å². The van der Waals surface area contributed by atoms with Crippen molar-refractivity contribution in [1.82, 2.24) is 4.90 Å². The van der Waals surface area contributed by atoms with Gasteiger partial charge in [0, 0.05) is 17.7 Å². The molecule has 3 aliphatic heterocycles. The summed E-state index contributed by atoms with van der Waals surface area (Å²) >= 11 is 0. The molecule has 0 aliphatic carbocycles. The van der Waals surface area contributed by atoms with Gasteiger partial charge in [-0.25, -0.2) is 4.79 Å². The second-order valence-corrected chi connectivity index (χ2v) is 9.25. The summed E-state index contributed by atoms with van der Waals surface area (Å²) in [6.45, 7) is 1.03.